The number of amides is 1. The quantitative estimate of drug-likeness (QED) is 0.676. The van der Waals surface area contributed by atoms with E-state index in [9.17, 15) is 9.59 Å². The van der Waals surface area contributed by atoms with Crippen LogP contribution in [0.15, 0.2) is 60.9 Å². The molecule has 3 aromatic rings. The van der Waals surface area contributed by atoms with Crippen molar-refractivity contribution in [3.05, 3.63) is 60.9 Å². The average Bonchev–Trinajstić information content (AvgIpc) is 3.03. The predicted octanol–water partition coefficient (Wildman–Crippen LogP) is 2.24. The van der Waals surface area contributed by atoms with Gasteiger partial charge in [-0.2, -0.15) is 0 Å². The Labute approximate surface area is 139 Å². The third kappa shape index (κ3) is 3.43. The maximum atomic E-state index is 12.1. The van der Waals surface area contributed by atoms with E-state index in [1.165, 1.54) is 4.90 Å². The molecule has 0 radical (unpaired) electrons. The van der Waals surface area contributed by atoms with E-state index in [0.717, 1.165) is 16.7 Å². The molecule has 0 atom stereocenters. The van der Waals surface area contributed by atoms with Gasteiger partial charge in [0.25, 0.3) is 5.91 Å². The standard InChI is InChI=1S/C18H17N3O3/c1-20(14-7-3-2-4-8-14)17(22)12-24-18(23)11-21-13-19-15-9-5-6-10-16(15)21/h2-10,13H,11-12H2,1H3. The normalized spacial score (nSPS) is 10.5. The van der Waals surface area contributed by atoms with Crippen molar-refractivity contribution < 1.29 is 14.3 Å². The molecule has 0 spiro atoms. The Bertz CT molecular complexity index is 858. The first-order valence-electron chi connectivity index (χ1n) is 7.52. The van der Waals surface area contributed by atoms with E-state index in [2.05, 4.69) is 4.98 Å². The fraction of sp³-hybridized carbons (Fsp3) is 0.167. The predicted molar refractivity (Wildman–Crippen MR) is 90.5 cm³/mol. The Morgan fingerprint density at radius 3 is 2.58 bits per heavy atom. The molecule has 0 saturated heterocycles. The minimum absolute atomic E-state index is 0.0167. The van der Waals surface area contributed by atoms with E-state index < -0.39 is 5.97 Å². The highest BCUT2D eigenvalue weighted by atomic mass is 16.5. The Balaban J connectivity index is 1.57. The van der Waals surface area contributed by atoms with E-state index in [0.29, 0.717) is 0 Å². The minimum Gasteiger partial charge on any atom is -0.454 e. The van der Waals surface area contributed by atoms with Crippen molar-refractivity contribution in [1.29, 1.82) is 0 Å². The Morgan fingerprint density at radius 2 is 1.79 bits per heavy atom. The number of hydrogen-bond donors (Lipinski definition) is 0. The first-order valence-corrected chi connectivity index (χ1v) is 7.52. The van der Waals surface area contributed by atoms with Crippen LogP contribution in [0.5, 0.6) is 0 Å². The smallest absolute Gasteiger partial charge is 0.326 e. The van der Waals surface area contributed by atoms with Crippen LogP contribution in [0.3, 0.4) is 0 Å². The fourth-order valence-corrected chi connectivity index (χ4v) is 2.36. The summed E-state index contributed by atoms with van der Waals surface area (Å²) in [5.41, 5.74) is 2.41. The number of fused-ring (bicyclic) bond motifs is 1. The van der Waals surface area contributed by atoms with Gasteiger partial charge in [0, 0.05) is 12.7 Å². The lowest BCUT2D eigenvalue weighted by atomic mass is 10.3. The van der Waals surface area contributed by atoms with Gasteiger partial charge in [-0.3, -0.25) is 9.59 Å². The number of esters is 1. The molecule has 0 unspecified atom stereocenters. The third-order valence-electron chi connectivity index (χ3n) is 3.70. The number of rotatable bonds is 5. The number of hydrogen-bond acceptors (Lipinski definition) is 4. The summed E-state index contributed by atoms with van der Waals surface area (Å²) in [4.78, 5) is 29.7. The second-order valence-corrected chi connectivity index (χ2v) is 5.31. The summed E-state index contributed by atoms with van der Waals surface area (Å²) in [6, 6.07) is 16.7. The number of anilines is 1. The summed E-state index contributed by atoms with van der Waals surface area (Å²) in [6.07, 6.45) is 1.59. The van der Waals surface area contributed by atoms with E-state index >= 15 is 0 Å². The number of carbonyl (C=O) groups is 2. The number of para-hydroxylation sites is 3. The molecule has 0 aliphatic rings. The molecular weight excluding hydrogens is 306 g/mol. The molecule has 0 fully saturated rings. The van der Waals surface area contributed by atoms with Crippen molar-refractivity contribution >= 4 is 28.6 Å². The van der Waals surface area contributed by atoms with Crippen molar-refractivity contribution in [2.45, 2.75) is 6.54 Å². The van der Waals surface area contributed by atoms with Crippen LogP contribution >= 0.6 is 0 Å². The van der Waals surface area contributed by atoms with Crippen molar-refractivity contribution in [2.24, 2.45) is 0 Å². The molecule has 6 nitrogen and oxygen atoms in total. The van der Waals surface area contributed by atoms with Gasteiger partial charge in [0.05, 0.1) is 17.4 Å². The fourth-order valence-electron chi connectivity index (χ4n) is 2.36. The van der Waals surface area contributed by atoms with Gasteiger partial charge >= 0.3 is 5.97 Å². The zero-order chi connectivity index (χ0) is 16.9. The summed E-state index contributed by atoms with van der Waals surface area (Å²) in [6.45, 7) is -0.278. The summed E-state index contributed by atoms with van der Waals surface area (Å²) in [5.74, 6) is -0.766. The molecule has 2 aromatic carbocycles. The maximum absolute atomic E-state index is 12.1. The molecule has 0 N–H and O–H groups in total. The lowest BCUT2D eigenvalue weighted by Crippen LogP contribution is -2.31. The molecule has 0 aliphatic heterocycles. The zero-order valence-electron chi connectivity index (χ0n) is 13.3. The van der Waals surface area contributed by atoms with Crippen LogP contribution in [0.1, 0.15) is 0 Å². The van der Waals surface area contributed by atoms with Gasteiger partial charge in [-0.05, 0) is 24.3 Å². The van der Waals surface area contributed by atoms with Crippen LogP contribution in [0.25, 0.3) is 11.0 Å². The molecular formula is C18H17N3O3. The summed E-state index contributed by atoms with van der Waals surface area (Å²) in [5, 5.41) is 0. The number of carbonyl (C=O) groups excluding carboxylic acids is 2. The summed E-state index contributed by atoms with van der Waals surface area (Å²) in [7, 11) is 1.65. The van der Waals surface area contributed by atoms with Crippen molar-refractivity contribution in [3.8, 4) is 0 Å². The van der Waals surface area contributed by atoms with Gasteiger partial charge in [-0.25, -0.2) is 4.98 Å². The molecule has 24 heavy (non-hydrogen) atoms. The van der Waals surface area contributed by atoms with Gasteiger partial charge in [0.2, 0.25) is 0 Å². The molecule has 1 amide bonds. The highest BCUT2D eigenvalue weighted by molar-refractivity contribution is 5.94. The Kier molecular flexibility index (Phi) is 4.56. The van der Waals surface area contributed by atoms with Gasteiger partial charge < -0.3 is 14.2 Å². The van der Waals surface area contributed by atoms with Crippen molar-refractivity contribution in [3.63, 3.8) is 0 Å². The lowest BCUT2D eigenvalue weighted by Gasteiger charge is -2.17. The highest BCUT2D eigenvalue weighted by Crippen LogP contribution is 2.12. The number of imidazole rings is 1. The summed E-state index contributed by atoms with van der Waals surface area (Å²) >= 11 is 0. The largest absolute Gasteiger partial charge is 0.454 e. The molecule has 3 rings (SSSR count). The molecule has 0 aliphatic carbocycles. The van der Waals surface area contributed by atoms with E-state index in [1.807, 2.05) is 54.6 Å². The molecule has 6 heteroatoms. The first kappa shape index (κ1) is 15.7. The maximum Gasteiger partial charge on any atom is 0.326 e. The number of nitrogens with zero attached hydrogens (tertiary/aromatic N) is 3. The Hall–Kier alpha value is -3.15. The molecule has 0 bridgehead atoms. The average molecular weight is 323 g/mol. The van der Waals surface area contributed by atoms with Crippen LogP contribution < -0.4 is 4.90 Å². The molecule has 1 heterocycles. The van der Waals surface area contributed by atoms with E-state index in [4.69, 9.17) is 4.74 Å². The van der Waals surface area contributed by atoms with Crippen LogP contribution in [0, 0.1) is 0 Å². The number of ether oxygens (including phenoxy) is 1. The topological polar surface area (TPSA) is 64.4 Å². The lowest BCUT2D eigenvalue weighted by molar-refractivity contribution is -0.148. The van der Waals surface area contributed by atoms with Gasteiger partial charge in [0.15, 0.2) is 6.61 Å². The van der Waals surface area contributed by atoms with Crippen LogP contribution in [0.2, 0.25) is 0 Å². The van der Waals surface area contributed by atoms with Crippen LogP contribution in [-0.4, -0.2) is 35.1 Å². The number of benzene rings is 2. The van der Waals surface area contributed by atoms with E-state index in [-0.39, 0.29) is 19.1 Å². The monoisotopic (exact) mass is 323 g/mol. The third-order valence-corrected chi connectivity index (χ3v) is 3.70. The second kappa shape index (κ2) is 6.95. The van der Waals surface area contributed by atoms with Crippen LogP contribution in [-0.2, 0) is 20.9 Å². The van der Waals surface area contributed by atoms with Crippen molar-refractivity contribution in [1.82, 2.24) is 9.55 Å². The Morgan fingerprint density at radius 1 is 1.08 bits per heavy atom. The van der Waals surface area contributed by atoms with Gasteiger partial charge in [0.1, 0.15) is 6.54 Å². The zero-order valence-corrected chi connectivity index (χ0v) is 13.3. The van der Waals surface area contributed by atoms with E-state index in [1.54, 1.807) is 17.9 Å². The summed E-state index contributed by atoms with van der Waals surface area (Å²) < 4.78 is 6.79. The SMILES string of the molecule is CN(C(=O)COC(=O)Cn1cnc2ccccc21)c1ccccc1. The van der Waals surface area contributed by atoms with Crippen molar-refractivity contribution in [2.75, 3.05) is 18.6 Å². The van der Waals surface area contributed by atoms with Crippen LogP contribution in [0.4, 0.5) is 5.69 Å². The molecule has 1 aromatic heterocycles. The highest BCUT2D eigenvalue weighted by Gasteiger charge is 2.14. The minimum atomic E-state index is -0.479. The van der Waals surface area contributed by atoms with Gasteiger partial charge in [-0.1, -0.05) is 30.3 Å². The van der Waals surface area contributed by atoms with Gasteiger partial charge in [-0.15, -0.1) is 0 Å². The second-order valence-electron chi connectivity index (χ2n) is 5.31. The first-order chi connectivity index (χ1) is 11.6. The molecule has 0 saturated carbocycles. The molecule has 122 valence electrons. The number of aromatic nitrogens is 2. The number of likely N-dealkylation sites (N-methyl/N-ethyl adjacent to an activating group) is 1.